The average Bonchev–Trinajstić information content (AvgIpc) is 2.64. The van der Waals surface area contributed by atoms with Gasteiger partial charge in [-0.3, -0.25) is 9.59 Å². The smallest absolute Gasteiger partial charge is 0.416 e. The molecule has 148 valence electrons. The predicted molar refractivity (Wildman–Crippen MR) is 91.5 cm³/mol. The van der Waals surface area contributed by atoms with Crippen LogP contribution >= 0.6 is 0 Å². The normalized spacial score (nSPS) is 10.8. The molecule has 0 aliphatic heterocycles. The molecule has 0 unspecified atom stereocenters. The van der Waals surface area contributed by atoms with Crippen LogP contribution in [0.2, 0.25) is 0 Å². The fraction of sp³-hybridized carbons (Fsp3) is 0.167. The molecule has 0 saturated carbocycles. The molecule has 0 aliphatic carbocycles. The van der Waals surface area contributed by atoms with E-state index in [2.05, 4.69) is 5.32 Å². The van der Waals surface area contributed by atoms with Gasteiger partial charge in [-0.15, -0.1) is 0 Å². The van der Waals surface area contributed by atoms with Crippen molar-refractivity contribution in [3.8, 4) is 5.75 Å². The van der Waals surface area contributed by atoms with E-state index in [1.54, 1.807) is 0 Å². The minimum absolute atomic E-state index is 0.130. The van der Waals surface area contributed by atoms with Crippen LogP contribution in [0.4, 0.5) is 18.9 Å². The number of hydrogen-bond donors (Lipinski definition) is 2. The Morgan fingerprint density at radius 2 is 1.54 bits per heavy atom. The van der Waals surface area contributed by atoms with Crippen LogP contribution in [-0.2, 0) is 20.5 Å². The third-order valence-corrected chi connectivity index (χ3v) is 3.30. The third kappa shape index (κ3) is 6.31. The Morgan fingerprint density at radius 3 is 2.07 bits per heavy atom. The van der Waals surface area contributed by atoms with Crippen molar-refractivity contribution in [3.05, 3.63) is 59.7 Å². The van der Waals surface area contributed by atoms with Gasteiger partial charge in [-0.1, -0.05) is 0 Å². The molecule has 0 aromatic heterocycles. The molecule has 28 heavy (non-hydrogen) atoms. The number of anilines is 1. The zero-order chi connectivity index (χ0) is 20.7. The van der Waals surface area contributed by atoms with Crippen LogP contribution < -0.4 is 15.8 Å². The molecule has 0 heterocycles. The molecule has 2 rings (SSSR count). The lowest BCUT2D eigenvalue weighted by Crippen LogP contribution is -2.21. The van der Waals surface area contributed by atoms with Crippen LogP contribution in [0.1, 0.15) is 15.9 Å². The molecule has 0 saturated heterocycles. The summed E-state index contributed by atoms with van der Waals surface area (Å²) < 4.78 is 47.3. The van der Waals surface area contributed by atoms with Gasteiger partial charge < -0.3 is 20.5 Å². The fourth-order valence-electron chi connectivity index (χ4n) is 2.00. The molecule has 0 fully saturated rings. The van der Waals surface area contributed by atoms with E-state index in [-0.39, 0.29) is 17.9 Å². The molecule has 7 nitrogen and oxygen atoms in total. The van der Waals surface area contributed by atoms with E-state index in [9.17, 15) is 27.6 Å². The first-order chi connectivity index (χ1) is 13.1. The number of nitrogens with two attached hydrogens (primary N) is 1. The van der Waals surface area contributed by atoms with Crippen molar-refractivity contribution in [2.24, 2.45) is 5.73 Å². The van der Waals surface area contributed by atoms with Crippen molar-refractivity contribution in [1.82, 2.24) is 0 Å². The molecule has 2 aromatic carbocycles. The number of halogens is 3. The summed E-state index contributed by atoms with van der Waals surface area (Å²) in [5.74, 6) is -1.84. The van der Waals surface area contributed by atoms with Crippen LogP contribution in [0.25, 0.3) is 0 Å². The number of ether oxygens (including phenoxy) is 2. The monoisotopic (exact) mass is 396 g/mol. The number of hydrogen-bond acceptors (Lipinski definition) is 5. The lowest BCUT2D eigenvalue weighted by atomic mass is 10.2. The molecule has 0 bridgehead atoms. The topological polar surface area (TPSA) is 108 Å². The van der Waals surface area contributed by atoms with E-state index in [0.717, 1.165) is 24.3 Å². The Labute approximate surface area is 157 Å². The number of alkyl halides is 3. The summed E-state index contributed by atoms with van der Waals surface area (Å²) in [6, 6.07) is 9.40. The van der Waals surface area contributed by atoms with Gasteiger partial charge in [-0.25, -0.2) is 4.79 Å². The molecule has 3 N–H and O–H groups in total. The van der Waals surface area contributed by atoms with Crippen molar-refractivity contribution in [3.63, 3.8) is 0 Å². The fourth-order valence-corrected chi connectivity index (χ4v) is 2.00. The zero-order valence-electron chi connectivity index (χ0n) is 14.3. The van der Waals surface area contributed by atoms with Crippen LogP contribution in [0.15, 0.2) is 48.5 Å². The summed E-state index contributed by atoms with van der Waals surface area (Å²) in [5.41, 5.74) is 4.36. The Morgan fingerprint density at radius 1 is 0.929 bits per heavy atom. The first-order valence-corrected chi connectivity index (χ1v) is 7.80. The van der Waals surface area contributed by atoms with Gasteiger partial charge in [-0.05, 0) is 48.5 Å². The number of amides is 2. The van der Waals surface area contributed by atoms with Gasteiger partial charge in [0.15, 0.2) is 13.2 Å². The lowest BCUT2D eigenvalue weighted by molar-refractivity contribution is -0.137. The minimum atomic E-state index is -4.47. The highest BCUT2D eigenvalue weighted by molar-refractivity contribution is 5.95. The van der Waals surface area contributed by atoms with Crippen LogP contribution in [-0.4, -0.2) is 31.0 Å². The van der Waals surface area contributed by atoms with E-state index >= 15 is 0 Å². The molecule has 0 aliphatic rings. The first-order valence-electron chi connectivity index (χ1n) is 7.80. The van der Waals surface area contributed by atoms with Gasteiger partial charge in [0, 0.05) is 5.69 Å². The maximum Gasteiger partial charge on any atom is 0.416 e. The Kier molecular flexibility index (Phi) is 6.59. The molecule has 2 amide bonds. The highest BCUT2D eigenvalue weighted by Crippen LogP contribution is 2.29. The van der Waals surface area contributed by atoms with E-state index in [4.69, 9.17) is 15.2 Å². The van der Waals surface area contributed by atoms with Gasteiger partial charge in [0.1, 0.15) is 5.75 Å². The minimum Gasteiger partial charge on any atom is -0.484 e. The molecule has 10 heteroatoms. The van der Waals surface area contributed by atoms with Crippen molar-refractivity contribution in [2.45, 2.75) is 6.18 Å². The number of benzene rings is 2. The summed E-state index contributed by atoms with van der Waals surface area (Å²) in [6.45, 7) is -0.937. The number of primary amides is 1. The highest BCUT2D eigenvalue weighted by Gasteiger charge is 2.30. The van der Waals surface area contributed by atoms with E-state index in [0.29, 0.717) is 5.75 Å². The third-order valence-electron chi connectivity index (χ3n) is 3.30. The molecule has 0 atom stereocenters. The molecular weight excluding hydrogens is 381 g/mol. The first kappa shape index (κ1) is 20.7. The SMILES string of the molecule is NC(=O)COc1ccc(C(=O)OCC(=O)Nc2ccc(C(F)(F)F)cc2)cc1. The van der Waals surface area contributed by atoms with Crippen LogP contribution in [0, 0.1) is 0 Å². The van der Waals surface area contributed by atoms with Crippen LogP contribution in [0.5, 0.6) is 5.75 Å². The summed E-state index contributed by atoms with van der Waals surface area (Å²) in [7, 11) is 0. The van der Waals surface area contributed by atoms with Crippen molar-refractivity contribution in [1.29, 1.82) is 0 Å². The Balaban J connectivity index is 1.83. The van der Waals surface area contributed by atoms with Gasteiger partial charge in [0.25, 0.3) is 11.8 Å². The number of rotatable bonds is 7. The van der Waals surface area contributed by atoms with Crippen LogP contribution in [0.3, 0.4) is 0 Å². The maximum atomic E-state index is 12.5. The highest BCUT2D eigenvalue weighted by atomic mass is 19.4. The summed E-state index contributed by atoms with van der Waals surface area (Å²) in [4.78, 5) is 34.3. The van der Waals surface area contributed by atoms with Gasteiger partial charge >= 0.3 is 12.1 Å². The van der Waals surface area contributed by atoms with Crippen molar-refractivity contribution >= 4 is 23.5 Å². The number of carbonyl (C=O) groups excluding carboxylic acids is 3. The second kappa shape index (κ2) is 8.89. The predicted octanol–water partition coefficient (Wildman–Crippen LogP) is 2.37. The standard InChI is InChI=1S/C18H15F3N2O5/c19-18(20,21)12-3-5-13(6-4-12)23-16(25)10-28-17(26)11-1-7-14(8-2-11)27-9-15(22)24/h1-8H,9-10H2,(H2,22,24)(H,23,25). The van der Waals surface area contributed by atoms with Gasteiger partial charge in [0.05, 0.1) is 11.1 Å². The van der Waals surface area contributed by atoms with E-state index < -0.39 is 36.1 Å². The van der Waals surface area contributed by atoms with Gasteiger partial charge in [-0.2, -0.15) is 13.2 Å². The second-order valence-corrected chi connectivity index (χ2v) is 5.48. The summed E-state index contributed by atoms with van der Waals surface area (Å²) >= 11 is 0. The molecule has 0 radical (unpaired) electrons. The largest absolute Gasteiger partial charge is 0.484 e. The van der Waals surface area contributed by atoms with Crippen molar-refractivity contribution in [2.75, 3.05) is 18.5 Å². The molecule has 2 aromatic rings. The second-order valence-electron chi connectivity index (χ2n) is 5.48. The zero-order valence-corrected chi connectivity index (χ0v) is 14.3. The van der Waals surface area contributed by atoms with E-state index in [1.807, 2.05) is 0 Å². The Hall–Kier alpha value is -3.56. The maximum absolute atomic E-state index is 12.5. The molecular formula is C18H15F3N2O5. The number of nitrogens with one attached hydrogen (secondary N) is 1. The summed E-state index contributed by atoms with van der Waals surface area (Å²) in [6.07, 6.45) is -4.47. The van der Waals surface area contributed by atoms with Gasteiger partial charge in [0.2, 0.25) is 0 Å². The molecule has 0 spiro atoms. The lowest BCUT2D eigenvalue weighted by Gasteiger charge is -2.09. The summed E-state index contributed by atoms with van der Waals surface area (Å²) in [5, 5.41) is 2.32. The number of esters is 1. The van der Waals surface area contributed by atoms with E-state index in [1.165, 1.54) is 24.3 Å². The number of carbonyl (C=O) groups is 3. The average molecular weight is 396 g/mol. The Bertz CT molecular complexity index is 849. The quantitative estimate of drug-likeness (QED) is 0.699. The van der Waals surface area contributed by atoms with Crippen molar-refractivity contribution < 1.29 is 37.0 Å².